The van der Waals surface area contributed by atoms with Crippen molar-refractivity contribution in [1.29, 1.82) is 0 Å². The third-order valence-electron chi connectivity index (χ3n) is 5.17. The zero-order chi connectivity index (χ0) is 21.8. The first-order valence-corrected chi connectivity index (χ1v) is 10.1. The Hall–Kier alpha value is -3.99. The summed E-state index contributed by atoms with van der Waals surface area (Å²) in [4.78, 5) is 24.4. The zero-order valence-corrected chi connectivity index (χ0v) is 17.5. The molecule has 2 N–H and O–H groups in total. The molecule has 0 aliphatic rings. The van der Waals surface area contributed by atoms with Crippen molar-refractivity contribution >= 4 is 45.3 Å². The lowest BCUT2D eigenvalue weighted by molar-refractivity contribution is -0.126. The summed E-state index contributed by atoms with van der Waals surface area (Å²) in [6.45, 7) is 3.91. The topological polar surface area (TPSA) is 70.6 Å². The summed E-state index contributed by atoms with van der Waals surface area (Å²) in [5.41, 5.74) is 6.17. The standard InChI is InChI=1S/C26H23N3O2/c1-17-11-12-24(18(2)13-17)28-25(30)15-26(31)29-27-16-23-21-9-5-3-7-19(21)14-20-8-4-6-10-22(20)23/h3-14,16H,15H2,1-2H3,(H,28,30)(H,29,31). The molecule has 5 heteroatoms. The van der Waals surface area contributed by atoms with E-state index in [0.29, 0.717) is 5.69 Å². The van der Waals surface area contributed by atoms with Gasteiger partial charge in [-0.3, -0.25) is 9.59 Å². The SMILES string of the molecule is Cc1ccc(NC(=O)CC(=O)NN=Cc2c3ccccc3cc3ccccc23)c(C)c1. The number of nitrogens with one attached hydrogen (secondary N) is 2. The van der Waals surface area contributed by atoms with Crippen molar-refractivity contribution in [2.75, 3.05) is 5.32 Å². The maximum absolute atomic E-state index is 12.2. The van der Waals surface area contributed by atoms with Crippen molar-refractivity contribution in [3.8, 4) is 0 Å². The lowest BCUT2D eigenvalue weighted by Gasteiger charge is -2.09. The quantitative estimate of drug-likeness (QED) is 0.209. The highest BCUT2D eigenvalue weighted by molar-refractivity contribution is 6.13. The van der Waals surface area contributed by atoms with Crippen molar-refractivity contribution in [1.82, 2.24) is 5.43 Å². The van der Waals surface area contributed by atoms with Crippen LogP contribution in [0, 0.1) is 13.8 Å². The third-order valence-corrected chi connectivity index (χ3v) is 5.17. The number of hydrogen-bond acceptors (Lipinski definition) is 3. The van der Waals surface area contributed by atoms with E-state index in [0.717, 1.165) is 38.2 Å². The monoisotopic (exact) mass is 409 g/mol. The molecule has 0 radical (unpaired) electrons. The fraction of sp³-hybridized carbons (Fsp3) is 0.115. The Labute approximate surface area is 180 Å². The van der Waals surface area contributed by atoms with Crippen LogP contribution in [0.1, 0.15) is 23.1 Å². The molecule has 0 bridgehead atoms. The number of nitrogens with zero attached hydrogens (tertiary/aromatic N) is 1. The van der Waals surface area contributed by atoms with Crippen LogP contribution in [0.15, 0.2) is 77.9 Å². The van der Waals surface area contributed by atoms with Crippen LogP contribution in [-0.4, -0.2) is 18.0 Å². The summed E-state index contributed by atoms with van der Waals surface area (Å²) in [6.07, 6.45) is 1.34. The van der Waals surface area contributed by atoms with Gasteiger partial charge >= 0.3 is 0 Å². The highest BCUT2D eigenvalue weighted by atomic mass is 16.2. The maximum atomic E-state index is 12.2. The molecule has 0 spiro atoms. The van der Waals surface area contributed by atoms with E-state index in [1.54, 1.807) is 6.21 Å². The van der Waals surface area contributed by atoms with E-state index in [1.165, 1.54) is 0 Å². The molecule has 154 valence electrons. The van der Waals surface area contributed by atoms with Gasteiger partial charge in [0, 0.05) is 11.3 Å². The molecule has 0 saturated carbocycles. The van der Waals surface area contributed by atoms with Gasteiger partial charge in [-0.1, -0.05) is 66.2 Å². The van der Waals surface area contributed by atoms with Crippen LogP contribution in [0.3, 0.4) is 0 Å². The van der Waals surface area contributed by atoms with E-state index < -0.39 is 5.91 Å². The molecule has 0 aliphatic heterocycles. The normalized spacial score (nSPS) is 11.2. The molecule has 4 rings (SSSR count). The molecule has 5 nitrogen and oxygen atoms in total. The summed E-state index contributed by atoms with van der Waals surface area (Å²) in [5.74, 6) is -0.849. The number of carbonyl (C=O) groups excluding carboxylic acids is 2. The van der Waals surface area contributed by atoms with E-state index in [1.807, 2.05) is 68.4 Å². The first kappa shape index (κ1) is 20.3. The Bertz CT molecular complexity index is 1270. The minimum atomic E-state index is -0.469. The second-order valence-electron chi connectivity index (χ2n) is 7.57. The van der Waals surface area contributed by atoms with Gasteiger partial charge in [0.15, 0.2) is 0 Å². The molecular weight excluding hydrogens is 386 g/mol. The average molecular weight is 409 g/mol. The Morgan fingerprint density at radius 2 is 1.48 bits per heavy atom. The minimum Gasteiger partial charge on any atom is -0.325 e. The summed E-state index contributed by atoms with van der Waals surface area (Å²) >= 11 is 0. The number of amides is 2. The number of benzene rings is 4. The van der Waals surface area contributed by atoms with Gasteiger partial charge in [0.2, 0.25) is 11.8 Å². The van der Waals surface area contributed by atoms with Crippen molar-refractivity contribution in [2.24, 2.45) is 5.10 Å². The summed E-state index contributed by atoms with van der Waals surface area (Å²) in [6, 6.07) is 24.0. The number of anilines is 1. The Morgan fingerprint density at radius 3 is 2.13 bits per heavy atom. The molecule has 0 saturated heterocycles. The summed E-state index contributed by atoms with van der Waals surface area (Å²) in [7, 11) is 0. The first-order valence-electron chi connectivity index (χ1n) is 10.1. The number of hydrazone groups is 1. The Balaban J connectivity index is 1.47. The molecule has 4 aromatic carbocycles. The number of aryl methyl sites for hydroxylation is 2. The third kappa shape index (κ3) is 4.61. The Morgan fingerprint density at radius 1 is 0.839 bits per heavy atom. The molecule has 0 atom stereocenters. The number of carbonyl (C=O) groups is 2. The lowest BCUT2D eigenvalue weighted by atomic mass is 9.97. The fourth-order valence-corrected chi connectivity index (χ4v) is 3.69. The van der Waals surface area contributed by atoms with Gasteiger partial charge in [0.25, 0.3) is 0 Å². The fourth-order valence-electron chi connectivity index (χ4n) is 3.69. The molecule has 2 amide bonds. The molecule has 0 fully saturated rings. The largest absolute Gasteiger partial charge is 0.325 e. The van der Waals surface area contributed by atoms with Gasteiger partial charge in [0.05, 0.1) is 6.21 Å². The smallest absolute Gasteiger partial charge is 0.249 e. The van der Waals surface area contributed by atoms with Crippen molar-refractivity contribution in [3.05, 3.63) is 89.5 Å². The predicted molar refractivity (Wildman–Crippen MR) is 126 cm³/mol. The van der Waals surface area contributed by atoms with Crippen LogP contribution in [-0.2, 0) is 9.59 Å². The van der Waals surface area contributed by atoms with Crippen molar-refractivity contribution in [3.63, 3.8) is 0 Å². The summed E-state index contributed by atoms with van der Waals surface area (Å²) < 4.78 is 0. The van der Waals surface area contributed by atoms with Crippen LogP contribution >= 0.6 is 0 Å². The molecule has 0 heterocycles. The van der Waals surface area contributed by atoms with Crippen LogP contribution < -0.4 is 10.7 Å². The molecule has 31 heavy (non-hydrogen) atoms. The average Bonchev–Trinajstić information content (AvgIpc) is 2.75. The van der Waals surface area contributed by atoms with Gasteiger partial charge in [-0.15, -0.1) is 0 Å². The van der Waals surface area contributed by atoms with Gasteiger partial charge in [-0.2, -0.15) is 5.10 Å². The molecule has 0 aliphatic carbocycles. The first-order chi connectivity index (χ1) is 15.0. The van der Waals surface area contributed by atoms with Gasteiger partial charge in [-0.05, 0) is 53.1 Å². The molecule has 4 aromatic rings. The second kappa shape index (κ2) is 8.79. The number of rotatable bonds is 5. The second-order valence-corrected chi connectivity index (χ2v) is 7.57. The van der Waals surface area contributed by atoms with Crippen LogP contribution in [0.5, 0.6) is 0 Å². The highest BCUT2D eigenvalue weighted by Crippen LogP contribution is 2.27. The highest BCUT2D eigenvalue weighted by Gasteiger charge is 2.11. The number of fused-ring (bicyclic) bond motifs is 2. The Kier molecular flexibility index (Phi) is 5.76. The minimum absolute atomic E-state index is 0.305. The summed E-state index contributed by atoms with van der Waals surface area (Å²) in [5, 5.41) is 11.2. The van der Waals surface area contributed by atoms with E-state index in [4.69, 9.17) is 0 Å². The zero-order valence-electron chi connectivity index (χ0n) is 17.5. The van der Waals surface area contributed by atoms with Crippen LogP contribution in [0.25, 0.3) is 21.5 Å². The van der Waals surface area contributed by atoms with Gasteiger partial charge in [-0.25, -0.2) is 5.43 Å². The van der Waals surface area contributed by atoms with Gasteiger partial charge < -0.3 is 5.32 Å². The van der Waals surface area contributed by atoms with E-state index in [2.05, 4.69) is 34.0 Å². The molecular formula is C26H23N3O2. The molecule has 0 aromatic heterocycles. The predicted octanol–water partition coefficient (Wildman–Crippen LogP) is 5.09. The van der Waals surface area contributed by atoms with E-state index in [9.17, 15) is 9.59 Å². The lowest BCUT2D eigenvalue weighted by Crippen LogP contribution is -2.24. The molecule has 0 unspecified atom stereocenters. The van der Waals surface area contributed by atoms with Crippen LogP contribution in [0.2, 0.25) is 0 Å². The van der Waals surface area contributed by atoms with E-state index in [-0.39, 0.29) is 12.3 Å². The van der Waals surface area contributed by atoms with E-state index >= 15 is 0 Å². The van der Waals surface area contributed by atoms with Crippen LogP contribution in [0.4, 0.5) is 5.69 Å². The number of hydrogen-bond donors (Lipinski definition) is 2. The van der Waals surface area contributed by atoms with Crippen molar-refractivity contribution < 1.29 is 9.59 Å². The van der Waals surface area contributed by atoms with Gasteiger partial charge in [0.1, 0.15) is 6.42 Å². The van der Waals surface area contributed by atoms with Crippen molar-refractivity contribution in [2.45, 2.75) is 20.3 Å². The maximum Gasteiger partial charge on any atom is 0.249 e.